The Hall–Kier alpha value is -2.21. The molecule has 3 nitrogen and oxygen atoms in total. The lowest BCUT2D eigenvalue weighted by Crippen LogP contribution is -2.01. The number of benzene rings is 1. The predicted molar refractivity (Wildman–Crippen MR) is 60.8 cm³/mol. The van der Waals surface area contributed by atoms with Crippen LogP contribution in [0.3, 0.4) is 0 Å². The lowest BCUT2D eigenvalue weighted by molar-refractivity contribution is 0.851. The fraction of sp³-hybridized carbons (Fsp3) is 0.0833. The van der Waals surface area contributed by atoms with E-state index in [9.17, 15) is 0 Å². The minimum atomic E-state index is 0.523. The number of para-hydroxylation sites is 1. The minimum Gasteiger partial charge on any atom is -0.326 e. The van der Waals surface area contributed by atoms with Crippen LogP contribution in [-0.2, 0) is 6.54 Å². The van der Waals surface area contributed by atoms with Crippen LogP contribution in [0.25, 0.3) is 0 Å². The van der Waals surface area contributed by atoms with Crippen molar-refractivity contribution in [3.05, 3.63) is 42.7 Å². The van der Waals surface area contributed by atoms with E-state index in [0.29, 0.717) is 6.54 Å². The molecule has 0 aliphatic heterocycles. The standard InChI is InChI=1S/C12H11N3/c1-2-9-15-10-8-13-12(15)14-11-6-4-3-5-7-11/h1,3-8,10H,9H2,(H,13,14). The Balaban J connectivity index is 2.18. The third kappa shape index (κ3) is 2.18. The van der Waals surface area contributed by atoms with Gasteiger partial charge in [-0.3, -0.25) is 0 Å². The molecule has 0 bridgehead atoms. The topological polar surface area (TPSA) is 29.9 Å². The summed E-state index contributed by atoms with van der Waals surface area (Å²) in [6.07, 6.45) is 8.83. The Bertz CT molecular complexity index is 465. The van der Waals surface area contributed by atoms with Crippen molar-refractivity contribution in [2.45, 2.75) is 6.54 Å². The van der Waals surface area contributed by atoms with Crippen molar-refractivity contribution in [2.24, 2.45) is 0 Å². The molecule has 0 saturated carbocycles. The normalized spacial score (nSPS) is 9.53. The SMILES string of the molecule is C#CCn1ccnc1Nc1ccccc1. The Labute approximate surface area is 88.8 Å². The van der Waals surface area contributed by atoms with Gasteiger partial charge < -0.3 is 9.88 Å². The highest BCUT2D eigenvalue weighted by Gasteiger charge is 2.00. The van der Waals surface area contributed by atoms with Gasteiger partial charge in [0, 0.05) is 18.1 Å². The van der Waals surface area contributed by atoms with Gasteiger partial charge in [0.25, 0.3) is 0 Å². The van der Waals surface area contributed by atoms with Crippen molar-refractivity contribution in [1.82, 2.24) is 9.55 Å². The van der Waals surface area contributed by atoms with E-state index in [1.807, 2.05) is 41.1 Å². The van der Waals surface area contributed by atoms with E-state index in [1.54, 1.807) is 6.20 Å². The average molecular weight is 197 g/mol. The first kappa shape index (κ1) is 9.35. The van der Waals surface area contributed by atoms with E-state index in [4.69, 9.17) is 6.42 Å². The molecular weight excluding hydrogens is 186 g/mol. The first-order valence-corrected chi connectivity index (χ1v) is 4.67. The number of nitrogens with one attached hydrogen (secondary N) is 1. The largest absolute Gasteiger partial charge is 0.326 e. The molecule has 0 aliphatic rings. The van der Waals surface area contributed by atoms with Gasteiger partial charge >= 0.3 is 0 Å². The van der Waals surface area contributed by atoms with Gasteiger partial charge in [0.15, 0.2) is 0 Å². The molecule has 1 aromatic heterocycles. The van der Waals surface area contributed by atoms with Crippen LogP contribution in [0.15, 0.2) is 42.7 Å². The smallest absolute Gasteiger partial charge is 0.208 e. The molecule has 74 valence electrons. The summed E-state index contributed by atoms with van der Waals surface area (Å²) in [4.78, 5) is 4.19. The summed E-state index contributed by atoms with van der Waals surface area (Å²) in [5, 5.41) is 3.19. The molecule has 3 heteroatoms. The molecule has 1 aromatic carbocycles. The van der Waals surface area contributed by atoms with E-state index in [-0.39, 0.29) is 0 Å². The number of anilines is 2. The summed E-state index contributed by atoms with van der Waals surface area (Å²) < 4.78 is 1.88. The van der Waals surface area contributed by atoms with Crippen LogP contribution in [0.4, 0.5) is 11.6 Å². The molecule has 0 saturated heterocycles. The van der Waals surface area contributed by atoms with Gasteiger partial charge in [-0.25, -0.2) is 4.98 Å². The molecule has 0 fully saturated rings. The van der Waals surface area contributed by atoms with E-state index >= 15 is 0 Å². The number of terminal acetylenes is 1. The maximum atomic E-state index is 5.26. The molecule has 15 heavy (non-hydrogen) atoms. The average Bonchev–Trinajstić information content (AvgIpc) is 2.68. The molecular formula is C12H11N3. The molecule has 0 radical (unpaired) electrons. The molecule has 0 spiro atoms. The first-order valence-electron chi connectivity index (χ1n) is 4.67. The Morgan fingerprint density at radius 1 is 1.33 bits per heavy atom. The molecule has 1 N–H and O–H groups in total. The first-order chi connectivity index (χ1) is 7.40. The molecule has 2 rings (SSSR count). The van der Waals surface area contributed by atoms with Crippen molar-refractivity contribution in [3.8, 4) is 12.3 Å². The van der Waals surface area contributed by atoms with Crippen LogP contribution in [0, 0.1) is 12.3 Å². The fourth-order valence-electron chi connectivity index (χ4n) is 1.31. The number of hydrogen-bond acceptors (Lipinski definition) is 2. The lowest BCUT2D eigenvalue weighted by atomic mass is 10.3. The predicted octanol–water partition coefficient (Wildman–Crippen LogP) is 2.26. The Morgan fingerprint density at radius 2 is 2.13 bits per heavy atom. The van der Waals surface area contributed by atoms with Crippen molar-refractivity contribution >= 4 is 11.6 Å². The summed E-state index contributed by atoms with van der Waals surface area (Å²) >= 11 is 0. The number of nitrogens with zero attached hydrogens (tertiary/aromatic N) is 2. The van der Waals surface area contributed by atoms with Gasteiger partial charge in [0.05, 0.1) is 6.54 Å². The van der Waals surface area contributed by atoms with Crippen LogP contribution in [-0.4, -0.2) is 9.55 Å². The van der Waals surface area contributed by atoms with E-state index in [2.05, 4.69) is 16.2 Å². The quantitative estimate of drug-likeness (QED) is 0.765. The van der Waals surface area contributed by atoms with Crippen LogP contribution in [0.1, 0.15) is 0 Å². The number of aromatic nitrogens is 2. The van der Waals surface area contributed by atoms with Gasteiger partial charge in [0.2, 0.25) is 5.95 Å². The fourth-order valence-corrected chi connectivity index (χ4v) is 1.31. The molecule has 0 aliphatic carbocycles. The van der Waals surface area contributed by atoms with E-state index in [0.717, 1.165) is 11.6 Å². The summed E-state index contributed by atoms with van der Waals surface area (Å²) in [5.74, 6) is 3.34. The summed E-state index contributed by atoms with van der Waals surface area (Å²) in [7, 11) is 0. The maximum absolute atomic E-state index is 5.26. The zero-order valence-electron chi connectivity index (χ0n) is 8.22. The highest BCUT2D eigenvalue weighted by atomic mass is 15.2. The van der Waals surface area contributed by atoms with Gasteiger partial charge in [-0.15, -0.1) is 6.42 Å². The third-order valence-corrected chi connectivity index (χ3v) is 2.01. The van der Waals surface area contributed by atoms with Crippen molar-refractivity contribution < 1.29 is 0 Å². The molecule has 2 aromatic rings. The minimum absolute atomic E-state index is 0.523. The Kier molecular flexibility index (Phi) is 2.70. The molecule has 0 atom stereocenters. The molecule has 0 unspecified atom stereocenters. The van der Waals surface area contributed by atoms with Crippen molar-refractivity contribution in [2.75, 3.05) is 5.32 Å². The van der Waals surface area contributed by atoms with Crippen LogP contribution >= 0.6 is 0 Å². The monoisotopic (exact) mass is 197 g/mol. The van der Waals surface area contributed by atoms with E-state index in [1.165, 1.54) is 0 Å². The number of imidazole rings is 1. The van der Waals surface area contributed by atoms with Gasteiger partial charge in [0.1, 0.15) is 0 Å². The van der Waals surface area contributed by atoms with Crippen molar-refractivity contribution in [3.63, 3.8) is 0 Å². The van der Waals surface area contributed by atoms with Crippen LogP contribution in [0.5, 0.6) is 0 Å². The van der Waals surface area contributed by atoms with Gasteiger partial charge in [-0.05, 0) is 12.1 Å². The van der Waals surface area contributed by atoms with Crippen LogP contribution in [0.2, 0.25) is 0 Å². The number of hydrogen-bond donors (Lipinski definition) is 1. The molecule has 1 heterocycles. The second-order valence-electron chi connectivity index (χ2n) is 3.07. The number of rotatable bonds is 3. The third-order valence-electron chi connectivity index (χ3n) is 2.01. The second-order valence-corrected chi connectivity index (χ2v) is 3.07. The summed E-state index contributed by atoms with van der Waals surface area (Å²) in [6, 6.07) is 9.87. The molecule has 0 amide bonds. The Morgan fingerprint density at radius 3 is 2.87 bits per heavy atom. The van der Waals surface area contributed by atoms with Crippen LogP contribution < -0.4 is 5.32 Å². The zero-order chi connectivity index (χ0) is 10.5. The van der Waals surface area contributed by atoms with Crippen molar-refractivity contribution in [1.29, 1.82) is 0 Å². The van der Waals surface area contributed by atoms with Gasteiger partial charge in [-0.1, -0.05) is 24.1 Å². The van der Waals surface area contributed by atoms with Gasteiger partial charge in [-0.2, -0.15) is 0 Å². The van der Waals surface area contributed by atoms with E-state index < -0.39 is 0 Å². The highest BCUT2D eigenvalue weighted by molar-refractivity contribution is 5.53. The maximum Gasteiger partial charge on any atom is 0.208 e. The summed E-state index contributed by atoms with van der Waals surface area (Å²) in [5.41, 5.74) is 1.00. The highest BCUT2D eigenvalue weighted by Crippen LogP contribution is 2.13. The zero-order valence-corrected chi connectivity index (χ0v) is 8.22. The second kappa shape index (κ2) is 4.34. The summed E-state index contributed by atoms with van der Waals surface area (Å²) in [6.45, 7) is 0.523. The lowest BCUT2D eigenvalue weighted by Gasteiger charge is -2.06.